The van der Waals surface area contributed by atoms with Crippen molar-refractivity contribution in [3.63, 3.8) is 0 Å². The first-order valence-electron chi connectivity index (χ1n) is 5.77. The van der Waals surface area contributed by atoms with Crippen molar-refractivity contribution in [2.24, 2.45) is 0 Å². The lowest BCUT2D eigenvalue weighted by atomic mass is 10.1. The average molecular weight is 213 g/mol. The third-order valence-electron chi connectivity index (χ3n) is 2.09. The van der Waals surface area contributed by atoms with Crippen molar-refractivity contribution >= 4 is 5.97 Å². The summed E-state index contributed by atoms with van der Waals surface area (Å²) in [6.45, 7) is 7.18. The highest BCUT2D eigenvalue weighted by Crippen LogP contribution is 1.99. The summed E-state index contributed by atoms with van der Waals surface area (Å²) < 4.78 is 4.99. The van der Waals surface area contributed by atoms with Crippen LogP contribution in [0.25, 0.3) is 0 Å². The maximum atomic E-state index is 11.5. The molecule has 0 aromatic heterocycles. The van der Waals surface area contributed by atoms with Gasteiger partial charge >= 0.3 is 5.97 Å². The molecule has 0 fully saturated rings. The Labute approximate surface area is 92.9 Å². The number of rotatable bonds is 8. The Bertz CT molecular complexity index is 190. The van der Waals surface area contributed by atoms with Gasteiger partial charge in [0.25, 0.3) is 0 Å². The van der Waals surface area contributed by atoms with Gasteiger partial charge in [0, 0.05) is 0 Å². The average Bonchev–Trinajstić information content (AvgIpc) is 2.23. The molecule has 0 saturated heterocycles. The maximum Gasteiger partial charge on any atom is 0.323 e. The van der Waals surface area contributed by atoms with Gasteiger partial charge in [-0.3, -0.25) is 4.79 Å². The predicted molar refractivity (Wildman–Crippen MR) is 62.8 cm³/mol. The minimum Gasteiger partial charge on any atom is -0.465 e. The number of nitrogens with one attached hydrogen (secondary N) is 1. The molecule has 0 aliphatic carbocycles. The van der Waals surface area contributed by atoms with Gasteiger partial charge in [0.1, 0.15) is 6.04 Å². The fraction of sp³-hybridized carbons (Fsp3) is 0.750. The largest absolute Gasteiger partial charge is 0.465 e. The minimum atomic E-state index is -0.139. The van der Waals surface area contributed by atoms with Gasteiger partial charge in [0.05, 0.1) is 6.61 Å². The quantitative estimate of drug-likeness (QED) is 0.382. The fourth-order valence-electron chi connectivity index (χ4n) is 1.34. The lowest BCUT2D eigenvalue weighted by Gasteiger charge is -2.15. The van der Waals surface area contributed by atoms with E-state index in [0.717, 1.165) is 25.8 Å². The molecule has 1 unspecified atom stereocenters. The zero-order valence-corrected chi connectivity index (χ0v) is 10.1. The molecule has 3 nitrogen and oxygen atoms in total. The van der Waals surface area contributed by atoms with Crippen LogP contribution < -0.4 is 5.32 Å². The van der Waals surface area contributed by atoms with Crippen LogP contribution in [0.5, 0.6) is 0 Å². The van der Waals surface area contributed by atoms with Gasteiger partial charge in [0.2, 0.25) is 0 Å². The van der Waals surface area contributed by atoms with Crippen LogP contribution in [0.1, 0.15) is 40.0 Å². The molecule has 0 spiro atoms. The number of hydrogen-bond donors (Lipinski definition) is 1. The number of carbonyl (C=O) groups is 1. The highest BCUT2D eigenvalue weighted by Gasteiger charge is 2.16. The topological polar surface area (TPSA) is 38.3 Å². The zero-order valence-electron chi connectivity index (χ0n) is 10.1. The summed E-state index contributed by atoms with van der Waals surface area (Å²) in [4.78, 5) is 11.5. The Morgan fingerprint density at radius 2 is 2.20 bits per heavy atom. The Hall–Kier alpha value is -0.830. The van der Waals surface area contributed by atoms with Gasteiger partial charge in [-0.2, -0.15) is 0 Å². The van der Waals surface area contributed by atoms with Crippen molar-refractivity contribution in [2.75, 3.05) is 13.2 Å². The van der Waals surface area contributed by atoms with Crippen LogP contribution in [-0.4, -0.2) is 25.2 Å². The normalized spacial score (nSPS) is 13.0. The Morgan fingerprint density at radius 1 is 1.47 bits per heavy atom. The standard InChI is InChI=1S/C12H23NO2/c1-4-7-8-10-13-11(9-5-2)12(14)15-6-3/h4,7,11,13H,5-6,8-10H2,1-3H3/b7-4+. The molecule has 1 atom stereocenters. The third-order valence-corrected chi connectivity index (χ3v) is 2.09. The van der Waals surface area contributed by atoms with Crippen LogP contribution in [0.3, 0.4) is 0 Å². The Morgan fingerprint density at radius 3 is 2.73 bits per heavy atom. The van der Waals surface area contributed by atoms with Crippen LogP contribution in [0, 0.1) is 0 Å². The van der Waals surface area contributed by atoms with E-state index in [1.165, 1.54) is 0 Å². The van der Waals surface area contributed by atoms with E-state index in [-0.39, 0.29) is 12.0 Å². The highest BCUT2D eigenvalue weighted by molar-refractivity contribution is 5.75. The zero-order chi connectivity index (χ0) is 11.5. The summed E-state index contributed by atoms with van der Waals surface area (Å²) in [5, 5.41) is 3.21. The molecule has 0 radical (unpaired) electrons. The minimum absolute atomic E-state index is 0.125. The van der Waals surface area contributed by atoms with E-state index < -0.39 is 0 Å². The van der Waals surface area contributed by atoms with Crippen molar-refractivity contribution in [3.8, 4) is 0 Å². The van der Waals surface area contributed by atoms with E-state index in [1.807, 2.05) is 19.9 Å². The summed E-state index contributed by atoms with van der Waals surface area (Å²) in [5.41, 5.74) is 0. The molecule has 0 saturated carbocycles. The second-order valence-corrected chi connectivity index (χ2v) is 3.41. The number of carbonyl (C=O) groups excluding carboxylic acids is 1. The van der Waals surface area contributed by atoms with E-state index in [1.54, 1.807) is 0 Å². The number of hydrogen-bond acceptors (Lipinski definition) is 3. The fourth-order valence-corrected chi connectivity index (χ4v) is 1.34. The van der Waals surface area contributed by atoms with E-state index >= 15 is 0 Å². The van der Waals surface area contributed by atoms with Crippen molar-refractivity contribution in [1.82, 2.24) is 5.32 Å². The summed E-state index contributed by atoms with van der Waals surface area (Å²) in [6, 6.07) is -0.139. The molecule has 0 rings (SSSR count). The van der Waals surface area contributed by atoms with Crippen LogP contribution in [0.15, 0.2) is 12.2 Å². The molecule has 1 N–H and O–H groups in total. The second-order valence-electron chi connectivity index (χ2n) is 3.41. The summed E-state index contributed by atoms with van der Waals surface area (Å²) in [6.07, 6.45) is 6.88. The Balaban J connectivity index is 3.86. The first kappa shape index (κ1) is 14.2. The highest BCUT2D eigenvalue weighted by atomic mass is 16.5. The van der Waals surface area contributed by atoms with E-state index in [4.69, 9.17) is 4.74 Å². The molecule has 88 valence electrons. The SMILES string of the molecule is C/C=C/CCNC(CCC)C(=O)OCC. The van der Waals surface area contributed by atoms with Gasteiger partial charge in [-0.05, 0) is 33.2 Å². The smallest absolute Gasteiger partial charge is 0.323 e. The molecule has 0 aromatic rings. The summed E-state index contributed by atoms with van der Waals surface area (Å²) >= 11 is 0. The number of esters is 1. The number of allylic oxidation sites excluding steroid dienone is 1. The van der Waals surface area contributed by atoms with Gasteiger partial charge in [-0.15, -0.1) is 0 Å². The number of ether oxygens (including phenoxy) is 1. The van der Waals surface area contributed by atoms with Crippen molar-refractivity contribution < 1.29 is 9.53 Å². The van der Waals surface area contributed by atoms with Crippen molar-refractivity contribution in [1.29, 1.82) is 0 Å². The van der Waals surface area contributed by atoms with E-state index in [2.05, 4.69) is 18.3 Å². The predicted octanol–water partition coefficient (Wildman–Crippen LogP) is 2.27. The molecular formula is C12H23NO2. The first-order valence-corrected chi connectivity index (χ1v) is 5.77. The van der Waals surface area contributed by atoms with Crippen molar-refractivity contribution in [2.45, 2.75) is 46.1 Å². The molecule has 3 heteroatoms. The summed E-state index contributed by atoms with van der Waals surface area (Å²) in [7, 11) is 0. The van der Waals surface area contributed by atoms with Gasteiger partial charge in [-0.1, -0.05) is 25.5 Å². The Kier molecular flexibility index (Phi) is 9.18. The van der Waals surface area contributed by atoms with E-state index in [9.17, 15) is 4.79 Å². The molecule has 0 amide bonds. The molecule has 0 aliphatic rings. The lowest BCUT2D eigenvalue weighted by Crippen LogP contribution is -2.38. The first-order chi connectivity index (χ1) is 7.26. The third kappa shape index (κ3) is 7.14. The monoisotopic (exact) mass is 213 g/mol. The van der Waals surface area contributed by atoms with Crippen LogP contribution in [0.2, 0.25) is 0 Å². The summed E-state index contributed by atoms with van der Waals surface area (Å²) in [5.74, 6) is -0.125. The molecular weight excluding hydrogens is 190 g/mol. The maximum absolute atomic E-state index is 11.5. The van der Waals surface area contributed by atoms with Crippen LogP contribution in [-0.2, 0) is 9.53 Å². The molecule has 0 aliphatic heterocycles. The second kappa shape index (κ2) is 9.71. The molecule has 0 heterocycles. The van der Waals surface area contributed by atoms with Crippen LogP contribution in [0.4, 0.5) is 0 Å². The van der Waals surface area contributed by atoms with Crippen molar-refractivity contribution in [3.05, 3.63) is 12.2 Å². The molecule has 0 aromatic carbocycles. The molecule has 0 bridgehead atoms. The van der Waals surface area contributed by atoms with Gasteiger partial charge in [0.15, 0.2) is 0 Å². The van der Waals surface area contributed by atoms with E-state index in [0.29, 0.717) is 6.61 Å². The lowest BCUT2D eigenvalue weighted by molar-refractivity contribution is -0.145. The van der Waals surface area contributed by atoms with Gasteiger partial charge < -0.3 is 10.1 Å². The molecule has 15 heavy (non-hydrogen) atoms. The van der Waals surface area contributed by atoms with Gasteiger partial charge in [-0.25, -0.2) is 0 Å². The van der Waals surface area contributed by atoms with Crippen LogP contribution >= 0.6 is 0 Å².